The summed E-state index contributed by atoms with van der Waals surface area (Å²) < 4.78 is 16.4. The lowest BCUT2D eigenvalue weighted by molar-refractivity contribution is 0.588. The monoisotopic (exact) mass is 381 g/mol. The molecule has 0 bridgehead atoms. The molecule has 1 unspecified atom stereocenters. The number of aliphatic imine (C=N–C) groups is 1. The van der Waals surface area contributed by atoms with Gasteiger partial charge in [-0.2, -0.15) is 5.10 Å². The molecule has 3 rings (SSSR count). The minimum absolute atomic E-state index is 0.285. The van der Waals surface area contributed by atoms with Gasteiger partial charge in [-0.05, 0) is 66.8 Å². The first-order valence-corrected chi connectivity index (χ1v) is 7.34. The fraction of sp³-hybridized carbons (Fsp3) is 0.200. The van der Waals surface area contributed by atoms with E-state index in [4.69, 9.17) is 0 Å². The predicted molar refractivity (Wildman–Crippen MR) is 85.8 cm³/mol. The van der Waals surface area contributed by atoms with E-state index in [2.05, 4.69) is 32.7 Å². The maximum atomic E-state index is 13.9. The highest BCUT2D eigenvalue weighted by atomic mass is 127. The molecule has 3 nitrogen and oxygen atoms in total. The molecule has 1 aromatic carbocycles. The van der Waals surface area contributed by atoms with Gasteiger partial charge in [0.15, 0.2) is 0 Å². The number of aromatic nitrogens is 2. The quantitative estimate of drug-likeness (QED) is 0.727. The van der Waals surface area contributed by atoms with Crippen molar-refractivity contribution < 1.29 is 4.39 Å². The summed E-state index contributed by atoms with van der Waals surface area (Å²) in [5, 5.41) is 4.54. The van der Waals surface area contributed by atoms with Crippen LogP contribution in [0.15, 0.2) is 47.5 Å². The van der Waals surface area contributed by atoms with Gasteiger partial charge in [0.1, 0.15) is 20.7 Å². The van der Waals surface area contributed by atoms with Crippen molar-refractivity contribution in [3.05, 3.63) is 57.7 Å². The molecule has 0 spiro atoms. The van der Waals surface area contributed by atoms with E-state index in [-0.39, 0.29) is 5.82 Å². The van der Waals surface area contributed by atoms with E-state index in [0.29, 0.717) is 5.69 Å². The van der Waals surface area contributed by atoms with Crippen LogP contribution in [0.3, 0.4) is 0 Å². The first-order valence-electron chi connectivity index (χ1n) is 6.26. The van der Waals surface area contributed by atoms with Gasteiger partial charge in [-0.1, -0.05) is 12.1 Å². The molecule has 0 saturated heterocycles. The van der Waals surface area contributed by atoms with Crippen molar-refractivity contribution in [3.8, 4) is 5.69 Å². The van der Waals surface area contributed by atoms with Crippen LogP contribution >= 0.6 is 22.6 Å². The van der Waals surface area contributed by atoms with Gasteiger partial charge < -0.3 is 0 Å². The van der Waals surface area contributed by atoms with Gasteiger partial charge in [-0.3, -0.25) is 4.99 Å². The van der Waals surface area contributed by atoms with Gasteiger partial charge in [0.05, 0.1) is 5.69 Å². The van der Waals surface area contributed by atoms with Crippen molar-refractivity contribution in [3.63, 3.8) is 0 Å². The SMILES string of the molecule is CC1=NC(C)(c2cc(I)n(-c3ccccc3F)n2)C=C1. The summed E-state index contributed by atoms with van der Waals surface area (Å²) in [4.78, 5) is 4.59. The number of hydrogen-bond acceptors (Lipinski definition) is 2. The number of rotatable bonds is 2. The van der Waals surface area contributed by atoms with Crippen molar-refractivity contribution in [2.75, 3.05) is 0 Å². The maximum absolute atomic E-state index is 13.9. The van der Waals surface area contributed by atoms with Crippen molar-refractivity contribution in [2.24, 2.45) is 4.99 Å². The molecule has 0 fully saturated rings. The first-order chi connectivity index (χ1) is 9.49. The standard InChI is InChI=1S/C15H13FIN3/c1-10-7-8-15(2,18-10)13-9-14(17)20(19-13)12-6-4-3-5-11(12)16/h3-9H,1-2H3. The topological polar surface area (TPSA) is 30.2 Å². The van der Waals surface area contributed by atoms with E-state index in [1.165, 1.54) is 6.07 Å². The minimum atomic E-state index is -0.458. The highest BCUT2D eigenvalue weighted by molar-refractivity contribution is 14.1. The zero-order chi connectivity index (χ0) is 14.3. The summed E-state index contributed by atoms with van der Waals surface area (Å²) in [5.41, 5.74) is 1.79. The highest BCUT2D eigenvalue weighted by Gasteiger charge is 2.30. The van der Waals surface area contributed by atoms with Gasteiger partial charge in [-0.25, -0.2) is 9.07 Å². The van der Waals surface area contributed by atoms with Gasteiger partial charge in [0.25, 0.3) is 0 Å². The fourth-order valence-corrected chi connectivity index (χ4v) is 2.93. The molecule has 1 atom stereocenters. The van der Waals surface area contributed by atoms with E-state index in [0.717, 1.165) is 15.1 Å². The van der Waals surface area contributed by atoms with Crippen molar-refractivity contribution >= 4 is 28.3 Å². The summed E-state index contributed by atoms with van der Waals surface area (Å²) in [6.07, 6.45) is 4.00. The zero-order valence-electron chi connectivity index (χ0n) is 11.1. The third-order valence-corrected chi connectivity index (χ3v) is 4.09. The summed E-state index contributed by atoms with van der Waals surface area (Å²) >= 11 is 2.16. The lowest BCUT2D eigenvalue weighted by Gasteiger charge is -2.15. The van der Waals surface area contributed by atoms with Gasteiger partial charge in [0, 0.05) is 5.71 Å². The summed E-state index contributed by atoms with van der Waals surface area (Å²) in [7, 11) is 0. The predicted octanol–water partition coefficient (Wildman–Crippen LogP) is 3.86. The molecule has 1 aliphatic rings. The van der Waals surface area contributed by atoms with Crippen molar-refractivity contribution in [1.29, 1.82) is 0 Å². The van der Waals surface area contributed by atoms with Crippen molar-refractivity contribution in [2.45, 2.75) is 19.4 Å². The first kappa shape index (κ1) is 13.5. The average molecular weight is 381 g/mol. The third-order valence-electron chi connectivity index (χ3n) is 3.32. The molecule has 0 amide bonds. The van der Waals surface area contributed by atoms with E-state index in [1.54, 1.807) is 22.9 Å². The Bertz CT molecular complexity index is 732. The third kappa shape index (κ3) is 2.19. The Kier molecular flexibility index (Phi) is 3.24. The van der Waals surface area contributed by atoms with E-state index in [1.807, 2.05) is 32.1 Å². The Labute approximate surface area is 130 Å². The Morgan fingerprint density at radius 3 is 2.70 bits per heavy atom. The fourth-order valence-electron chi connectivity index (χ4n) is 2.26. The van der Waals surface area contributed by atoms with Crippen LogP contribution in [0.5, 0.6) is 0 Å². The molecule has 2 aromatic rings. The maximum Gasteiger partial charge on any atom is 0.148 e. The molecule has 0 radical (unpaired) electrons. The number of nitrogens with zero attached hydrogens (tertiary/aromatic N) is 3. The summed E-state index contributed by atoms with van der Waals surface area (Å²) in [5.74, 6) is -0.285. The summed E-state index contributed by atoms with van der Waals surface area (Å²) in [6.45, 7) is 3.96. The number of benzene rings is 1. The van der Waals surface area contributed by atoms with Crippen LogP contribution in [-0.2, 0) is 5.54 Å². The summed E-state index contributed by atoms with van der Waals surface area (Å²) in [6, 6.07) is 8.57. The number of hydrogen-bond donors (Lipinski definition) is 0. The molecule has 5 heteroatoms. The molecule has 1 aromatic heterocycles. The van der Waals surface area contributed by atoms with Crippen molar-refractivity contribution in [1.82, 2.24) is 9.78 Å². The molecule has 0 aliphatic carbocycles. The van der Waals surface area contributed by atoms with Crippen LogP contribution in [0.4, 0.5) is 4.39 Å². The number of halogens is 2. The number of allylic oxidation sites excluding steroid dienone is 1. The Morgan fingerprint density at radius 2 is 2.05 bits per heavy atom. The Balaban J connectivity index is 2.10. The zero-order valence-corrected chi connectivity index (χ0v) is 13.3. The van der Waals surface area contributed by atoms with Gasteiger partial charge in [0.2, 0.25) is 0 Å². The molecule has 20 heavy (non-hydrogen) atoms. The van der Waals surface area contributed by atoms with E-state index < -0.39 is 5.54 Å². The van der Waals surface area contributed by atoms with Gasteiger partial charge >= 0.3 is 0 Å². The average Bonchev–Trinajstić information content (AvgIpc) is 2.95. The van der Waals surface area contributed by atoms with Crippen LogP contribution < -0.4 is 0 Å². The van der Waals surface area contributed by atoms with E-state index in [9.17, 15) is 4.39 Å². The van der Waals surface area contributed by atoms with Crippen LogP contribution in [0, 0.1) is 9.52 Å². The van der Waals surface area contributed by atoms with Crippen LogP contribution in [-0.4, -0.2) is 15.5 Å². The lowest BCUT2D eigenvalue weighted by Crippen LogP contribution is -2.15. The highest BCUT2D eigenvalue weighted by Crippen LogP contribution is 2.31. The second-order valence-electron chi connectivity index (χ2n) is 4.95. The number of para-hydroxylation sites is 1. The minimum Gasteiger partial charge on any atom is -0.273 e. The molecule has 0 N–H and O–H groups in total. The smallest absolute Gasteiger partial charge is 0.148 e. The van der Waals surface area contributed by atoms with Crippen LogP contribution in [0.2, 0.25) is 0 Å². The second-order valence-corrected chi connectivity index (χ2v) is 6.05. The van der Waals surface area contributed by atoms with Gasteiger partial charge in [-0.15, -0.1) is 0 Å². The molecule has 102 valence electrons. The molecular weight excluding hydrogens is 368 g/mol. The lowest BCUT2D eigenvalue weighted by atomic mass is 10.0. The van der Waals surface area contributed by atoms with E-state index >= 15 is 0 Å². The second kappa shape index (κ2) is 4.80. The Hall–Kier alpha value is -1.50. The van der Waals surface area contributed by atoms with Crippen LogP contribution in [0.1, 0.15) is 19.5 Å². The normalized spacial score (nSPS) is 21.3. The molecule has 0 saturated carbocycles. The Morgan fingerprint density at radius 1 is 1.30 bits per heavy atom. The molecule has 1 aliphatic heterocycles. The van der Waals surface area contributed by atoms with Crippen LogP contribution in [0.25, 0.3) is 5.69 Å². The molecular formula is C15H13FIN3. The largest absolute Gasteiger partial charge is 0.273 e. The molecule has 2 heterocycles.